The first kappa shape index (κ1) is 20.2. The predicted molar refractivity (Wildman–Crippen MR) is 125 cm³/mol. The minimum absolute atomic E-state index is 0.171. The second-order valence-electron chi connectivity index (χ2n) is 7.51. The molecular weight excluding hydrogens is 422 g/mol. The molecule has 0 bridgehead atoms. The van der Waals surface area contributed by atoms with E-state index in [4.69, 9.17) is 0 Å². The molecule has 3 heterocycles. The monoisotopic (exact) mass is 443 g/mol. The number of rotatable bonds is 5. The molecule has 5 aromatic rings. The van der Waals surface area contributed by atoms with Crippen molar-refractivity contribution in [2.75, 3.05) is 0 Å². The van der Waals surface area contributed by atoms with E-state index in [0.717, 1.165) is 33.5 Å². The van der Waals surface area contributed by atoms with Crippen molar-refractivity contribution < 1.29 is 0 Å². The summed E-state index contributed by atoms with van der Waals surface area (Å²) in [6.45, 7) is 3.88. The minimum Gasteiger partial charge on any atom is -0.283 e. The molecule has 0 saturated heterocycles. The van der Waals surface area contributed by atoms with Crippen LogP contribution in [0.3, 0.4) is 0 Å². The molecule has 0 atom stereocenters. The van der Waals surface area contributed by atoms with Crippen molar-refractivity contribution in [1.82, 2.24) is 34.6 Å². The highest BCUT2D eigenvalue weighted by Gasteiger charge is 2.22. The van der Waals surface area contributed by atoms with Crippen LogP contribution in [0.4, 0.5) is 0 Å². The zero-order valence-corrected chi connectivity index (χ0v) is 18.7. The van der Waals surface area contributed by atoms with Crippen LogP contribution in [0.2, 0.25) is 0 Å². The maximum Gasteiger partial charge on any atom is 0.297 e. The smallest absolute Gasteiger partial charge is 0.283 e. The third kappa shape index (κ3) is 3.40. The average Bonchev–Trinajstić information content (AvgIpc) is 3.34. The Morgan fingerprint density at radius 3 is 2.56 bits per heavy atom. The lowest BCUT2D eigenvalue weighted by molar-refractivity contribution is 0.630. The molecule has 0 fully saturated rings. The van der Waals surface area contributed by atoms with Crippen molar-refractivity contribution in [2.45, 2.75) is 24.8 Å². The van der Waals surface area contributed by atoms with Gasteiger partial charge in [0.25, 0.3) is 5.56 Å². The van der Waals surface area contributed by atoms with Gasteiger partial charge in [-0.15, -0.1) is 5.10 Å². The molecule has 0 saturated carbocycles. The molecule has 0 N–H and O–H groups in total. The van der Waals surface area contributed by atoms with Crippen molar-refractivity contribution in [1.29, 1.82) is 0 Å². The number of pyridine rings is 1. The Labute approximate surface area is 188 Å². The molecule has 8 nitrogen and oxygen atoms in total. The highest BCUT2D eigenvalue weighted by atomic mass is 32.2. The van der Waals surface area contributed by atoms with E-state index in [0.29, 0.717) is 16.6 Å². The highest BCUT2D eigenvalue weighted by molar-refractivity contribution is 7.98. The molecular formula is C23H21N7OS. The fraction of sp³-hybridized carbons (Fsp3) is 0.174. The normalized spacial score (nSPS) is 11.3. The standard InChI is InChI=1S/C23H21N7OS/c1-15-13-17(19-11-7-8-12-20(19)24-15)14-32-23-25-26-27-29(23)21-16(2)28(3)30(22(21)31)18-9-5-4-6-10-18/h4-13H,14H2,1-3H3. The number of benzene rings is 2. The van der Waals surface area contributed by atoms with Gasteiger partial charge >= 0.3 is 0 Å². The van der Waals surface area contributed by atoms with Gasteiger partial charge in [-0.25, -0.2) is 4.68 Å². The third-order valence-corrected chi connectivity index (χ3v) is 6.43. The van der Waals surface area contributed by atoms with Crippen LogP contribution < -0.4 is 5.56 Å². The van der Waals surface area contributed by atoms with E-state index in [1.54, 1.807) is 4.68 Å². The van der Waals surface area contributed by atoms with Crippen LogP contribution in [0.5, 0.6) is 0 Å². The van der Waals surface area contributed by atoms with Crippen LogP contribution in [0.25, 0.3) is 22.3 Å². The highest BCUT2D eigenvalue weighted by Crippen LogP contribution is 2.27. The Hall–Kier alpha value is -3.72. The van der Waals surface area contributed by atoms with Crippen LogP contribution >= 0.6 is 11.8 Å². The molecule has 0 spiro atoms. The van der Waals surface area contributed by atoms with Crippen LogP contribution in [0.15, 0.2) is 70.6 Å². The first-order chi connectivity index (χ1) is 15.5. The van der Waals surface area contributed by atoms with Gasteiger partial charge in [0.2, 0.25) is 5.16 Å². The predicted octanol–water partition coefficient (Wildman–Crippen LogP) is 3.61. The van der Waals surface area contributed by atoms with Gasteiger partial charge in [0, 0.05) is 23.9 Å². The summed E-state index contributed by atoms with van der Waals surface area (Å²) < 4.78 is 4.99. The summed E-state index contributed by atoms with van der Waals surface area (Å²) in [5, 5.41) is 13.9. The summed E-state index contributed by atoms with van der Waals surface area (Å²) in [5.41, 5.74) is 4.92. The van der Waals surface area contributed by atoms with Gasteiger partial charge in [-0.2, -0.15) is 4.68 Å². The van der Waals surface area contributed by atoms with Crippen LogP contribution in [-0.2, 0) is 12.8 Å². The molecule has 2 aromatic carbocycles. The fourth-order valence-electron chi connectivity index (χ4n) is 3.86. The lowest BCUT2D eigenvalue weighted by atomic mass is 10.1. The molecule has 5 rings (SSSR count). The molecule has 0 radical (unpaired) electrons. The zero-order valence-electron chi connectivity index (χ0n) is 17.9. The van der Waals surface area contributed by atoms with Crippen LogP contribution in [0, 0.1) is 13.8 Å². The van der Waals surface area contributed by atoms with Gasteiger partial charge in [-0.1, -0.05) is 48.2 Å². The van der Waals surface area contributed by atoms with Crippen molar-refractivity contribution in [3.63, 3.8) is 0 Å². The van der Waals surface area contributed by atoms with Gasteiger partial charge in [-0.05, 0) is 54.1 Å². The number of para-hydroxylation sites is 2. The van der Waals surface area contributed by atoms with Crippen LogP contribution in [-0.4, -0.2) is 34.6 Å². The number of tetrazole rings is 1. The molecule has 0 aliphatic rings. The second-order valence-corrected chi connectivity index (χ2v) is 8.45. The first-order valence-electron chi connectivity index (χ1n) is 10.2. The van der Waals surface area contributed by atoms with E-state index < -0.39 is 0 Å². The third-order valence-electron chi connectivity index (χ3n) is 5.46. The fourth-order valence-corrected chi connectivity index (χ4v) is 4.73. The number of aryl methyl sites for hydroxylation is 1. The lowest BCUT2D eigenvalue weighted by Gasteiger charge is -2.08. The summed E-state index contributed by atoms with van der Waals surface area (Å²) in [5.74, 6) is 0.656. The maximum atomic E-state index is 13.4. The molecule has 0 amide bonds. The summed E-state index contributed by atoms with van der Waals surface area (Å²) >= 11 is 1.50. The summed E-state index contributed by atoms with van der Waals surface area (Å²) in [4.78, 5) is 18.0. The maximum absolute atomic E-state index is 13.4. The number of nitrogens with zero attached hydrogens (tertiary/aromatic N) is 7. The van der Waals surface area contributed by atoms with Gasteiger partial charge < -0.3 is 0 Å². The quantitative estimate of drug-likeness (QED) is 0.386. The molecule has 32 heavy (non-hydrogen) atoms. The molecule has 160 valence electrons. The molecule has 0 aliphatic carbocycles. The van der Waals surface area contributed by atoms with Crippen molar-refractivity contribution in [2.24, 2.45) is 7.05 Å². The van der Waals surface area contributed by atoms with E-state index in [9.17, 15) is 4.79 Å². The SMILES string of the molecule is Cc1cc(CSc2nnnn2-c2c(C)n(C)n(-c3ccccc3)c2=O)c2ccccc2n1. The van der Waals surface area contributed by atoms with E-state index in [2.05, 4.69) is 32.6 Å². The van der Waals surface area contributed by atoms with Gasteiger partial charge in [-0.3, -0.25) is 14.5 Å². The Bertz CT molecular complexity index is 1480. The Balaban J connectivity index is 1.53. The number of thioether (sulfide) groups is 1. The van der Waals surface area contributed by atoms with Crippen molar-refractivity contribution in [3.8, 4) is 11.4 Å². The van der Waals surface area contributed by atoms with Crippen molar-refractivity contribution >= 4 is 22.7 Å². The van der Waals surface area contributed by atoms with E-state index in [1.165, 1.54) is 16.4 Å². The summed E-state index contributed by atoms with van der Waals surface area (Å²) in [6.07, 6.45) is 0. The zero-order chi connectivity index (χ0) is 22.2. The van der Waals surface area contributed by atoms with E-state index >= 15 is 0 Å². The van der Waals surface area contributed by atoms with Crippen LogP contribution in [0.1, 0.15) is 17.0 Å². The number of fused-ring (bicyclic) bond motifs is 1. The summed E-state index contributed by atoms with van der Waals surface area (Å²) in [7, 11) is 1.86. The average molecular weight is 444 g/mol. The Morgan fingerprint density at radius 1 is 1.00 bits per heavy atom. The lowest BCUT2D eigenvalue weighted by Crippen LogP contribution is -2.22. The first-order valence-corrected chi connectivity index (χ1v) is 11.1. The summed E-state index contributed by atoms with van der Waals surface area (Å²) in [6, 6.07) is 19.7. The molecule has 3 aromatic heterocycles. The van der Waals surface area contributed by atoms with Gasteiger partial charge in [0.05, 0.1) is 16.9 Å². The Morgan fingerprint density at radius 2 is 1.75 bits per heavy atom. The van der Waals surface area contributed by atoms with E-state index in [-0.39, 0.29) is 5.56 Å². The van der Waals surface area contributed by atoms with Crippen molar-refractivity contribution in [3.05, 3.63) is 88.0 Å². The largest absolute Gasteiger partial charge is 0.297 e. The molecule has 9 heteroatoms. The second kappa shape index (κ2) is 8.08. The topological polar surface area (TPSA) is 83.4 Å². The number of hydrogen-bond acceptors (Lipinski definition) is 6. The number of aromatic nitrogens is 7. The van der Waals surface area contributed by atoms with E-state index in [1.807, 2.05) is 74.1 Å². The van der Waals surface area contributed by atoms with Gasteiger partial charge in [0.15, 0.2) is 5.69 Å². The molecule has 0 aliphatic heterocycles. The molecule has 0 unspecified atom stereocenters. The Kier molecular flexibility index (Phi) is 5.10. The van der Waals surface area contributed by atoms with Gasteiger partial charge in [0.1, 0.15) is 0 Å². The minimum atomic E-state index is -0.171. The number of hydrogen-bond donors (Lipinski definition) is 0.